The average Bonchev–Trinajstić information content (AvgIpc) is 2.82. The lowest BCUT2D eigenvalue weighted by atomic mass is 9.84. The van der Waals surface area contributed by atoms with Crippen molar-refractivity contribution in [2.75, 3.05) is 6.61 Å². The van der Waals surface area contributed by atoms with E-state index in [0.29, 0.717) is 13.0 Å². The summed E-state index contributed by atoms with van der Waals surface area (Å²) in [6.45, 7) is 0.491. The SMILES string of the molecule is O=C1CCCC(=O)OB([C@H]2CO2)O1. The lowest BCUT2D eigenvalue weighted by Gasteiger charge is -2.15. The molecule has 5 nitrogen and oxygen atoms in total. The van der Waals surface area contributed by atoms with Crippen molar-refractivity contribution in [1.82, 2.24) is 0 Å². The zero-order chi connectivity index (χ0) is 9.26. The molecule has 0 radical (unpaired) electrons. The summed E-state index contributed by atoms with van der Waals surface area (Å²) in [5, 5.41) is 0. The minimum absolute atomic E-state index is 0.244. The second-order valence-electron chi connectivity index (χ2n) is 3.07. The topological polar surface area (TPSA) is 65.1 Å². The molecular formula is C7H9BO5. The summed E-state index contributed by atoms with van der Waals surface area (Å²) in [4.78, 5) is 22.0. The molecule has 0 aromatic carbocycles. The van der Waals surface area contributed by atoms with Gasteiger partial charge in [0.1, 0.15) is 6.00 Å². The van der Waals surface area contributed by atoms with E-state index in [1.54, 1.807) is 0 Å². The fourth-order valence-electron chi connectivity index (χ4n) is 1.14. The van der Waals surface area contributed by atoms with E-state index in [1.165, 1.54) is 0 Å². The van der Waals surface area contributed by atoms with Crippen LogP contribution in [0.1, 0.15) is 19.3 Å². The summed E-state index contributed by atoms with van der Waals surface area (Å²) in [6.07, 6.45) is 1.05. The van der Waals surface area contributed by atoms with Gasteiger partial charge in [0.2, 0.25) is 0 Å². The highest BCUT2D eigenvalue weighted by Crippen LogP contribution is 2.18. The van der Waals surface area contributed by atoms with Crippen molar-refractivity contribution in [2.24, 2.45) is 0 Å². The number of carbonyl (C=O) groups is 2. The van der Waals surface area contributed by atoms with E-state index in [1.807, 2.05) is 0 Å². The zero-order valence-electron chi connectivity index (χ0n) is 7.02. The molecule has 0 bridgehead atoms. The summed E-state index contributed by atoms with van der Waals surface area (Å²) in [5.41, 5.74) is 0. The van der Waals surface area contributed by atoms with Gasteiger partial charge in [-0.3, -0.25) is 9.59 Å². The molecule has 0 amide bonds. The van der Waals surface area contributed by atoms with E-state index in [4.69, 9.17) is 14.0 Å². The highest BCUT2D eigenvalue weighted by Gasteiger charge is 2.47. The van der Waals surface area contributed by atoms with Gasteiger partial charge in [0, 0.05) is 12.8 Å². The molecule has 1 atom stereocenters. The zero-order valence-corrected chi connectivity index (χ0v) is 7.02. The molecule has 0 aliphatic carbocycles. The lowest BCUT2D eigenvalue weighted by Crippen LogP contribution is -2.36. The molecule has 13 heavy (non-hydrogen) atoms. The average molecular weight is 184 g/mol. The van der Waals surface area contributed by atoms with Crippen LogP contribution >= 0.6 is 0 Å². The van der Waals surface area contributed by atoms with Gasteiger partial charge in [-0.2, -0.15) is 0 Å². The normalized spacial score (nSPS) is 28.6. The maximum atomic E-state index is 11.0. The van der Waals surface area contributed by atoms with E-state index in [0.717, 1.165) is 0 Å². The number of epoxide rings is 1. The Hall–Kier alpha value is -1.04. The van der Waals surface area contributed by atoms with Crippen LogP contribution in [-0.2, 0) is 23.6 Å². The number of rotatable bonds is 1. The third kappa shape index (κ3) is 2.21. The maximum Gasteiger partial charge on any atom is 0.632 e. The predicted molar refractivity (Wildman–Crippen MR) is 41.5 cm³/mol. The fraction of sp³-hybridized carbons (Fsp3) is 0.714. The number of carbonyl (C=O) groups excluding carboxylic acids is 2. The van der Waals surface area contributed by atoms with Gasteiger partial charge in [-0.15, -0.1) is 0 Å². The predicted octanol–water partition coefficient (Wildman–Crippen LogP) is -0.317. The minimum Gasteiger partial charge on any atom is -0.497 e. The summed E-state index contributed by atoms with van der Waals surface area (Å²) < 4.78 is 14.6. The molecule has 2 fully saturated rings. The van der Waals surface area contributed by atoms with E-state index < -0.39 is 7.12 Å². The maximum absolute atomic E-state index is 11.0. The Morgan fingerprint density at radius 3 is 2.15 bits per heavy atom. The van der Waals surface area contributed by atoms with Gasteiger partial charge in [-0.05, 0) is 6.42 Å². The fourth-order valence-corrected chi connectivity index (χ4v) is 1.14. The van der Waals surface area contributed by atoms with Crippen LogP contribution < -0.4 is 0 Å². The second-order valence-corrected chi connectivity index (χ2v) is 3.07. The number of hydrogen-bond donors (Lipinski definition) is 0. The Bertz CT molecular complexity index is 219. The molecule has 70 valence electrons. The Morgan fingerprint density at radius 2 is 1.69 bits per heavy atom. The summed E-state index contributed by atoms with van der Waals surface area (Å²) in [7, 11) is -0.819. The van der Waals surface area contributed by atoms with Crippen LogP contribution in [0.3, 0.4) is 0 Å². The van der Waals surface area contributed by atoms with E-state index >= 15 is 0 Å². The molecule has 2 saturated heterocycles. The lowest BCUT2D eigenvalue weighted by molar-refractivity contribution is -0.143. The number of ether oxygens (including phenoxy) is 1. The first-order chi connectivity index (χ1) is 6.25. The van der Waals surface area contributed by atoms with Gasteiger partial charge >= 0.3 is 7.12 Å². The Morgan fingerprint density at radius 1 is 1.15 bits per heavy atom. The molecule has 0 unspecified atom stereocenters. The Labute approximate surface area is 75.5 Å². The third-order valence-corrected chi connectivity index (χ3v) is 1.92. The first-order valence-corrected chi connectivity index (χ1v) is 4.26. The second kappa shape index (κ2) is 3.37. The van der Waals surface area contributed by atoms with Crippen molar-refractivity contribution in [3.63, 3.8) is 0 Å². The molecule has 0 aromatic heterocycles. The van der Waals surface area contributed by atoms with Gasteiger partial charge in [-0.25, -0.2) is 0 Å². The number of hydrogen-bond acceptors (Lipinski definition) is 5. The van der Waals surface area contributed by atoms with Crippen molar-refractivity contribution in [1.29, 1.82) is 0 Å². The van der Waals surface area contributed by atoms with E-state index in [2.05, 4.69) is 0 Å². The highest BCUT2D eigenvalue weighted by atomic mass is 16.7. The van der Waals surface area contributed by atoms with Crippen molar-refractivity contribution < 1.29 is 23.6 Å². The van der Waals surface area contributed by atoms with Crippen molar-refractivity contribution in [3.8, 4) is 0 Å². The molecule has 0 N–H and O–H groups in total. The van der Waals surface area contributed by atoms with Crippen molar-refractivity contribution in [3.05, 3.63) is 0 Å². The molecule has 2 aliphatic rings. The van der Waals surface area contributed by atoms with Crippen molar-refractivity contribution in [2.45, 2.75) is 25.3 Å². The highest BCUT2D eigenvalue weighted by molar-refractivity contribution is 6.51. The van der Waals surface area contributed by atoms with Crippen LogP contribution in [-0.4, -0.2) is 31.7 Å². The van der Waals surface area contributed by atoms with Crippen LogP contribution in [0.4, 0.5) is 0 Å². The van der Waals surface area contributed by atoms with Crippen molar-refractivity contribution >= 4 is 19.1 Å². The molecule has 0 aromatic rings. The first kappa shape index (κ1) is 8.56. The smallest absolute Gasteiger partial charge is 0.497 e. The van der Waals surface area contributed by atoms with Crippen LogP contribution in [0.25, 0.3) is 0 Å². The first-order valence-electron chi connectivity index (χ1n) is 4.26. The summed E-state index contributed by atoms with van der Waals surface area (Å²) in [5.74, 6) is -0.652. The summed E-state index contributed by atoms with van der Waals surface area (Å²) >= 11 is 0. The van der Waals surface area contributed by atoms with Gasteiger partial charge in [0.05, 0.1) is 6.61 Å². The van der Waals surface area contributed by atoms with Gasteiger partial charge in [0.25, 0.3) is 11.9 Å². The quantitative estimate of drug-likeness (QED) is 0.412. The third-order valence-electron chi connectivity index (χ3n) is 1.92. The largest absolute Gasteiger partial charge is 0.632 e. The van der Waals surface area contributed by atoms with Gasteiger partial charge in [0.15, 0.2) is 0 Å². The Kier molecular flexibility index (Phi) is 2.22. The molecule has 0 saturated carbocycles. The van der Waals surface area contributed by atoms with E-state index in [9.17, 15) is 9.59 Å². The van der Waals surface area contributed by atoms with Crippen LogP contribution in [0, 0.1) is 0 Å². The van der Waals surface area contributed by atoms with Gasteiger partial charge in [-0.1, -0.05) is 0 Å². The molecule has 0 spiro atoms. The summed E-state index contributed by atoms with van der Waals surface area (Å²) in [6, 6.07) is -0.244. The molecule has 2 heterocycles. The van der Waals surface area contributed by atoms with Crippen LogP contribution in [0.2, 0.25) is 0 Å². The molecular weight excluding hydrogens is 175 g/mol. The standard InChI is InChI=1S/C7H9BO5/c9-6-2-1-3-7(10)13-8(12-6)5-4-11-5/h5H,1-4H2/t5-/m1/s1. The van der Waals surface area contributed by atoms with Gasteiger partial charge < -0.3 is 14.0 Å². The van der Waals surface area contributed by atoms with E-state index in [-0.39, 0.29) is 30.8 Å². The minimum atomic E-state index is -0.819. The Balaban J connectivity index is 1.97. The molecule has 2 rings (SSSR count). The monoisotopic (exact) mass is 184 g/mol. The van der Waals surface area contributed by atoms with Crippen LogP contribution in [0.15, 0.2) is 0 Å². The molecule has 2 aliphatic heterocycles. The molecule has 6 heteroatoms. The van der Waals surface area contributed by atoms with Crippen LogP contribution in [0.5, 0.6) is 0 Å².